The normalized spacial score (nSPS) is 27.4. The number of hydrogen-bond donors (Lipinski definition) is 1. The van der Waals surface area contributed by atoms with Crippen LogP contribution >= 0.6 is 0 Å². The van der Waals surface area contributed by atoms with E-state index in [2.05, 4.69) is 5.32 Å². The van der Waals surface area contributed by atoms with Crippen molar-refractivity contribution in [3.8, 4) is 0 Å². The quantitative estimate of drug-likeness (QED) is 0.875. The topological polar surface area (TPSA) is 75.7 Å². The van der Waals surface area contributed by atoms with E-state index in [1.165, 1.54) is 4.31 Å². The fraction of sp³-hybridized carbons (Fsp3) is 0.588. The summed E-state index contributed by atoms with van der Waals surface area (Å²) < 4.78 is 32.2. The Balaban J connectivity index is 1.67. The smallest absolute Gasteiger partial charge is 0.230 e. The second-order valence-corrected chi connectivity index (χ2v) is 9.00. The molecule has 1 aromatic rings. The molecule has 6 nitrogen and oxygen atoms in total. The molecule has 24 heavy (non-hydrogen) atoms. The molecule has 0 aromatic heterocycles. The van der Waals surface area contributed by atoms with Crippen LogP contribution in [0.25, 0.3) is 0 Å². The molecule has 0 radical (unpaired) electrons. The minimum absolute atomic E-state index is 0.0766. The van der Waals surface area contributed by atoms with Crippen molar-refractivity contribution in [2.24, 2.45) is 11.8 Å². The molecule has 0 spiro atoms. The Morgan fingerprint density at radius 1 is 1.29 bits per heavy atom. The average Bonchev–Trinajstić information content (AvgIpc) is 2.81. The van der Waals surface area contributed by atoms with E-state index in [1.54, 1.807) is 0 Å². The first kappa shape index (κ1) is 17.4. The monoisotopic (exact) mass is 352 g/mol. The zero-order chi connectivity index (χ0) is 17.3. The Kier molecular flexibility index (Phi) is 4.94. The summed E-state index contributed by atoms with van der Waals surface area (Å²) in [6.07, 6.45) is 0.00318. The van der Waals surface area contributed by atoms with Crippen LogP contribution in [0.1, 0.15) is 20.3 Å². The first-order valence-electron chi connectivity index (χ1n) is 8.34. The molecule has 2 saturated heterocycles. The largest absolute Gasteiger partial charge is 0.371 e. The molecule has 3 atom stereocenters. The molecule has 7 heteroatoms. The van der Waals surface area contributed by atoms with E-state index in [0.29, 0.717) is 13.0 Å². The number of anilines is 1. The van der Waals surface area contributed by atoms with Gasteiger partial charge in [0.25, 0.3) is 0 Å². The van der Waals surface area contributed by atoms with Crippen molar-refractivity contribution in [3.05, 3.63) is 30.3 Å². The molecule has 2 aliphatic rings. The summed E-state index contributed by atoms with van der Waals surface area (Å²) in [5, 5.41) is 2.90. The van der Waals surface area contributed by atoms with Crippen LogP contribution in [0.3, 0.4) is 0 Å². The number of carbonyl (C=O) groups is 1. The molecule has 3 rings (SSSR count). The summed E-state index contributed by atoms with van der Waals surface area (Å²) in [6.45, 7) is 4.39. The van der Waals surface area contributed by atoms with Crippen molar-refractivity contribution in [1.82, 2.24) is 4.31 Å². The first-order valence-corrected chi connectivity index (χ1v) is 9.95. The molecular weight excluding hydrogens is 328 g/mol. The first-order chi connectivity index (χ1) is 11.3. The standard InChI is InChI=1S/C17H24N2O4S/c1-12(2)11-24(21,22)19-9-14-8-15(16(10-19)23-14)17(20)18-13-6-4-3-5-7-13/h3-7,12,14-16H,8-11H2,1-2H3,(H,18,20)/t14-,15+,16-/m0/s1. The molecule has 1 N–H and O–H groups in total. The van der Waals surface area contributed by atoms with Gasteiger partial charge < -0.3 is 10.1 Å². The Hall–Kier alpha value is -1.44. The Morgan fingerprint density at radius 2 is 2.00 bits per heavy atom. The second-order valence-electron chi connectivity index (χ2n) is 6.98. The highest BCUT2D eigenvalue weighted by atomic mass is 32.2. The average molecular weight is 352 g/mol. The molecule has 2 aliphatic heterocycles. The minimum atomic E-state index is -3.29. The number of amides is 1. The molecule has 0 unspecified atom stereocenters. The summed E-state index contributed by atoms with van der Waals surface area (Å²) >= 11 is 0. The molecule has 1 amide bonds. The SMILES string of the molecule is CC(C)CS(=O)(=O)N1C[C@@H]2C[C@@H](C(=O)Nc3ccccc3)[C@H](C1)O2. The number of ether oxygens (including phenoxy) is 1. The maximum Gasteiger partial charge on any atom is 0.230 e. The van der Waals surface area contributed by atoms with Crippen LogP contribution in [0.2, 0.25) is 0 Å². The molecule has 2 heterocycles. The Morgan fingerprint density at radius 3 is 2.67 bits per heavy atom. The predicted molar refractivity (Wildman–Crippen MR) is 92.0 cm³/mol. The van der Waals surface area contributed by atoms with Crippen LogP contribution in [0.4, 0.5) is 5.69 Å². The number of para-hydroxylation sites is 1. The van der Waals surface area contributed by atoms with Crippen molar-refractivity contribution in [1.29, 1.82) is 0 Å². The summed E-state index contributed by atoms with van der Waals surface area (Å²) in [4.78, 5) is 12.5. The summed E-state index contributed by atoms with van der Waals surface area (Å²) in [7, 11) is -3.29. The van der Waals surface area contributed by atoms with Gasteiger partial charge in [-0.15, -0.1) is 0 Å². The van der Waals surface area contributed by atoms with Crippen LogP contribution < -0.4 is 5.32 Å². The van der Waals surface area contributed by atoms with Crippen molar-refractivity contribution in [2.45, 2.75) is 32.5 Å². The molecule has 0 aliphatic carbocycles. The number of rotatable bonds is 5. The van der Waals surface area contributed by atoms with Crippen LogP contribution in [0.5, 0.6) is 0 Å². The highest BCUT2D eigenvalue weighted by Gasteiger charge is 2.47. The van der Waals surface area contributed by atoms with Gasteiger partial charge in [-0.1, -0.05) is 32.0 Å². The number of sulfonamides is 1. The van der Waals surface area contributed by atoms with Gasteiger partial charge in [0, 0.05) is 18.8 Å². The third-order valence-corrected chi connectivity index (χ3v) is 6.61. The van der Waals surface area contributed by atoms with Crippen LogP contribution in [-0.4, -0.2) is 49.7 Å². The van der Waals surface area contributed by atoms with E-state index in [-0.39, 0.29) is 42.2 Å². The van der Waals surface area contributed by atoms with Gasteiger partial charge in [0.2, 0.25) is 15.9 Å². The number of benzene rings is 1. The Labute approximate surface area is 143 Å². The van der Waals surface area contributed by atoms with Gasteiger partial charge in [0.05, 0.1) is 23.9 Å². The van der Waals surface area contributed by atoms with Crippen LogP contribution in [-0.2, 0) is 19.6 Å². The van der Waals surface area contributed by atoms with E-state index >= 15 is 0 Å². The summed E-state index contributed by atoms with van der Waals surface area (Å²) in [5.74, 6) is -0.202. The van der Waals surface area contributed by atoms with Gasteiger partial charge in [0.1, 0.15) is 0 Å². The third kappa shape index (κ3) is 3.79. The lowest BCUT2D eigenvalue weighted by Gasteiger charge is -2.32. The number of nitrogens with zero attached hydrogens (tertiary/aromatic N) is 1. The van der Waals surface area contributed by atoms with Crippen molar-refractivity contribution in [3.63, 3.8) is 0 Å². The van der Waals surface area contributed by atoms with E-state index in [0.717, 1.165) is 5.69 Å². The fourth-order valence-electron chi connectivity index (χ4n) is 3.41. The zero-order valence-electron chi connectivity index (χ0n) is 14.0. The number of morpholine rings is 1. The van der Waals surface area contributed by atoms with Gasteiger partial charge in [-0.25, -0.2) is 8.42 Å². The number of hydrogen-bond acceptors (Lipinski definition) is 4. The van der Waals surface area contributed by atoms with E-state index < -0.39 is 10.0 Å². The Bertz CT molecular complexity index is 690. The molecule has 2 fully saturated rings. The lowest BCUT2D eigenvalue weighted by molar-refractivity contribution is -0.122. The summed E-state index contributed by atoms with van der Waals surface area (Å²) in [5.41, 5.74) is 0.744. The van der Waals surface area contributed by atoms with E-state index in [1.807, 2.05) is 44.2 Å². The second kappa shape index (κ2) is 6.82. The van der Waals surface area contributed by atoms with Crippen LogP contribution in [0.15, 0.2) is 30.3 Å². The molecule has 132 valence electrons. The lowest BCUT2D eigenvalue weighted by Crippen LogP contribution is -2.48. The van der Waals surface area contributed by atoms with Gasteiger partial charge in [-0.2, -0.15) is 4.31 Å². The van der Waals surface area contributed by atoms with Crippen molar-refractivity contribution in [2.75, 3.05) is 24.2 Å². The van der Waals surface area contributed by atoms with Crippen molar-refractivity contribution >= 4 is 21.6 Å². The third-order valence-electron chi connectivity index (χ3n) is 4.44. The number of nitrogens with one attached hydrogen (secondary N) is 1. The van der Waals surface area contributed by atoms with Crippen molar-refractivity contribution < 1.29 is 17.9 Å². The van der Waals surface area contributed by atoms with Gasteiger partial charge in [-0.3, -0.25) is 4.79 Å². The zero-order valence-corrected chi connectivity index (χ0v) is 14.8. The fourth-order valence-corrected chi connectivity index (χ4v) is 5.23. The molecule has 2 bridgehead atoms. The van der Waals surface area contributed by atoms with Gasteiger partial charge >= 0.3 is 0 Å². The lowest BCUT2D eigenvalue weighted by atomic mass is 9.99. The van der Waals surface area contributed by atoms with E-state index in [9.17, 15) is 13.2 Å². The highest BCUT2D eigenvalue weighted by Crippen LogP contribution is 2.34. The highest BCUT2D eigenvalue weighted by molar-refractivity contribution is 7.89. The maximum atomic E-state index is 12.5. The summed E-state index contributed by atoms with van der Waals surface area (Å²) in [6, 6.07) is 9.27. The van der Waals surface area contributed by atoms with Gasteiger partial charge in [-0.05, 0) is 24.5 Å². The molecule has 0 saturated carbocycles. The van der Waals surface area contributed by atoms with Gasteiger partial charge in [0.15, 0.2) is 0 Å². The number of fused-ring (bicyclic) bond motifs is 2. The minimum Gasteiger partial charge on any atom is -0.371 e. The van der Waals surface area contributed by atoms with E-state index in [4.69, 9.17) is 4.74 Å². The number of carbonyl (C=O) groups excluding carboxylic acids is 1. The maximum absolute atomic E-state index is 12.5. The molecule has 1 aromatic carbocycles. The molecular formula is C17H24N2O4S. The van der Waals surface area contributed by atoms with Crippen LogP contribution in [0, 0.1) is 11.8 Å². The predicted octanol–water partition coefficient (Wildman–Crippen LogP) is 1.70.